The Balaban J connectivity index is 1.91. The second-order valence-corrected chi connectivity index (χ2v) is 5.85. The van der Waals surface area contributed by atoms with E-state index < -0.39 is 5.54 Å². The van der Waals surface area contributed by atoms with Crippen molar-refractivity contribution in [3.8, 4) is 6.07 Å². The van der Waals surface area contributed by atoms with E-state index in [0.29, 0.717) is 11.3 Å². The summed E-state index contributed by atoms with van der Waals surface area (Å²) < 4.78 is 0. The molecule has 1 heterocycles. The van der Waals surface area contributed by atoms with Crippen LogP contribution in [0.2, 0.25) is 0 Å². The first-order valence-electron chi connectivity index (χ1n) is 7.31. The smallest absolute Gasteiger partial charge is 0.250 e. The topological polar surface area (TPSA) is 64.9 Å². The van der Waals surface area contributed by atoms with Crippen LogP contribution in [0, 0.1) is 17.2 Å². The van der Waals surface area contributed by atoms with E-state index in [0.717, 1.165) is 37.3 Å². The van der Waals surface area contributed by atoms with E-state index in [1.165, 1.54) is 6.42 Å². The fourth-order valence-corrected chi connectivity index (χ4v) is 3.36. The molecule has 1 aliphatic carbocycles. The second kappa shape index (κ2) is 4.82. The fourth-order valence-electron chi connectivity index (χ4n) is 3.36. The lowest BCUT2D eigenvalue weighted by molar-refractivity contribution is -0.121. The van der Waals surface area contributed by atoms with Gasteiger partial charge < -0.3 is 10.6 Å². The molecule has 0 bridgehead atoms. The molecule has 1 spiro atoms. The molecule has 0 atom stereocenters. The van der Waals surface area contributed by atoms with Crippen molar-refractivity contribution in [2.24, 2.45) is 5.92 Å². The highest BCUT2D eigenvalue weighted by atomic mass is 16.2. The molecule has 4 nitrogen and oxygen atoms in total. The summed E-state index contributed by atoms with van der Waals surface area (Å²) in [6.07, 6.45) is 5.10. The summed E-state index contributed by atoms with van der Waals surface area (Å²) in [6, 6.07) is 7.65. The van der Waals surface area contributed by atoms with Crippen molar-refractivity contribution in [2.45, 2.75) is 44.6 Å². The average molecular weight is 269 g/mol. The van der Waals surface area contributed by atoms with Crippen molar-refractivity contribution in [3.05, 3.63) is 23.8 Å². The van der Waals surface area contributed by atoms with Crippen LogP contribution in [0.15, 0.2) is 18.2 Å². The molecule has 20 heavy (non-hydrogen) atoms. The number of rotatable bonds is 1. The first-order valence-corrected chi connectivity index (χ1v) is 7.31. The number of carbonyl (C=O) groups excluding carboxylic acids is 1. The van der Waals surface area contributed by atoms with Crippen LogP contribution in [0.25, 0.3) is 0 Å². The molecule has 0 radical (unpaired) electrons. The van der Waals surface area contributed by atoms with Gasteiger partial charge >= 0.3 is 0 Å². The van der Waals surface area contributed by atoms with Crippen LogP contribution in [0.3, 0.4) is 0 Å². The standard InChI is InChI=1S/C16H19N3O/c1-2-11-6-8-16(9-7-11)15(20)18-14-12(10-17)4-3-5-13(14)19-16/h3-5,11,19H,2,6-9H2,1H3,(H,18,20). The highest BCUT2D eigenvalue weighted by Crippen LogP contribution is 2.42. The van der Waals surface area contributed by atoms with E-state index in [1.807, 2.05) is 12.1 Å². The van der Waals surface area contributed by atoms with Crippen LogP contribution in [0.5, 0.6) is 0 Å². The van der Waals surface area contributed by atoms with E-state index in [-0.39, 0.29) is 5.91 Å². The minimum absolute atomic E-state index is 0.0160. The predicted molar refractivity (Wildman–Crippen MR) is 78.4 cm³/mol. The zero-order valence-corrected chi connectivity index (χ0v) is 11.7. The maximum absolute atomic E-state index is 12.5. The van der Waals surface area contributed by atoms with E-state index in [9.17, 15) is 4.79 Å². The molecule has 4 heteroatoms. The van der Waals surface area contributed by atoms with Gasteiger partial charge in [-0.2, -0.15) is 5.26 Å². The third kappa shape index (κ3) is 1.94. The molecule has 2 N–H and O–H groups in total. The normalized spacial score (nSPS) is 28.2. The molecule has 1 aromatic carbocycles. The Morgan fingerprint density at radius 2 is 2.15 bits per heavy atom. The van der Waals surface area contributed by atoms with Gasteiger partial charge in [-0.05, 0) is 43.7 Å². The minimum Gasteiger partial charge on any atom is -0.369 e. The summed E-state index contributed by atoms with van der Waals surface area (Å²) in [6.45, 7) is 2.21. The SMILES string of the molecule is CCC1CCC2(CC1)Nc1cccc(C#N)c1NC2=O. The number of anilines is 2. The van der Waals surface area contributed by atoms with Crippen molar-refractivity contribution < 1.29 is 4.79 Å². The lowest BCUT2D eigenvalue weighted by Crippen LogP contribution is -2.54. The molecule has 0 unspecified atom stereocenters. The third-order valence-electron chi connectivity index (χ3n) is 4.77. The van der Waals surface area contributed by atoms with Crippen molar-refractivity contribution >= 4 is 17.3 Å². The zero-order valence-electron chi connectivity index (χ0n) is 11.7. The largest absolute Gasteiger partial charge is 0.369 e. The quantitative estimate of drug-likeness (QED) is 0.822. The fraction of sp³-hybridized carbons (Fsp3) is 0.500. The molecule has 2 aliphatic rings. The lowest BCUT2D eigenvalue weighted by atomic mass is 9.74. The summed E-state index contributed by atoms with van der Waals surface area (Å²) in [5, 5.41) is 15.5. The summed E-state index contributed by atoms with van der Waals surface area (Å²) in [5.41, 5.74) is 1.54. The summed E-state index contributed by atoms with van der Waals surface area (Å²) in [5.74, 6) is 0.754. The molecule has 1 fully saturated rings. The number of nitrogens with zero attached hydrogens (tertiary/aromatic N) is 1. The maximum Gasteiger partial charge on any atom is 0.250 e. The van der Waals surface area contributed by atoms with E-state index in [1.54, 1.807) is 6.07 Å². The average Bonchev–Trinajstić information content (AvgIpc) is 2.49. The second-order valence-electron chi connectivity index (χ2n) is 5.85. The molecule has 1 aliphatic heterocycles. The van der Waals surface area contributed by atoms with Gasteiger partial charge in [0.05, 0.1) is 16.9 Å². The van der Waals surface area contributed by atoms with Gasteiger partial charge in [-0.1, -0.05) is 19.4 Å². The Morgan fingerprint density at radius 1 is 1.40 bits per heavy atom. The van der Waals surface area contributed by atoms with Crippen LogP contribution >= 0.6 is 0 Å². The number of carbonyl (C=O) groups is 1. The van der Waals surface area contributed by atoms with Gasteiger partial charge in [-0.25, -0.2) is 0 Å². The number of amides is 1. The molecule has 0 aromatic heterocycles. The highest BCUT2D eigenvalue weighted by molar-refractivity contribution is 6.07. The predicted octanol–water partition coefficient (Wildman–Crippen LogP) is 3.26. The van der Waals surface area contributed by atoms with Crippen molar-refractivity contribution in [3.63, 3.8) is 0 Å². The Kier molecular flexibility index (Phi) is 3.13. The molecular weight excluding hydrogens is 250 g/mol. The first kappa shape index (κ1) is 13.0. The molecule has 1 aromatic rings. The van der Waals surface area contributed by atoms with Crippen LogP contribution in [-0.4, -0.2) is 11.4 Å². The summed E-state index contributed by atoms with van der Waals surface area (Å²) in [7, 11) is 0. The molecule has 1 amide bonds. The minimum atomic E-state index is -0.479. The van der Waals surface area contributed by atoms with Gasteiger partial charge in [-0.3, -0.25) is 4.79 Å². The number of nitrogens with one attached hydrogen (secondary N) is 2. The highest BCUT2D eigenvalue weighted by Gasteiger charge is 2.44. The van der Waals surface area contributed by atoms with Crippen LogP contribution in [-0.2, 0) is 4.79 Å². The van der Waals surface area contributed by atoms with Gasteiger partial charge in [0.15, 0.2) is 0 Å². The third-order valence-corrected chi connectivity index (χ3v) is 4.77. The van der Waals surface area contributed by atoms with Gasteiger partial charge in [0.25, 0.3) is 0 Å². The number of hydrogen-bond acceptors (Lipinski definition) is 3. The number of hydrogen-bond donors (Lipinski definition) is 2. The molecule has 104 valence electrons. The van der Waals surface area contributed by atoms with E-state index in [2.05, 4.69) is 23.6 Å². The van der Waals surface area contributed by atoms with Crippen LogP contribution in [0.1, 0.15) is 44.6 Å². The number of para-hydroxylation sites is 1. The molecule has 0 saturated heterocycles. The van der Waals surface area contributed by atoms with Crippen LogP contribution < -0.4 is 10.6 Å². The van der Waals surface area contributed by atoms with E-state index in [4.69, 9.17) is 5.26 Å². The summed E-state index contributed by atoms with van der Waals surface area (Å²) >= 11 is 0. The van der Waals surface area contributed by atoms with Gasteiger partial charge in [0.1, 0.15) is 11.6 Å². The van der Waals surface area contributed by atoms with Gasteiger partial charge in [-0.15, -0.1) is 0 Å². The Bertz CT molecular complexity index is 580. The number of benzene rings is 1. The maximum atomic E-state index is 12.5. The lowest BCUT2D eigenvalue weighted by Gasteiger charge is -2.43. The zero-order chi connectivity index (χ0) is 14.2. The van der Waals surface area contributed by atoms with Crippen molar-refractivity contribution in [2.75, 3.05) is 10.6 Å². The molecular formula is C16H19N3O. The summed E-state index contributed by atoms with van der Waals surface area (Å²) in [4.78, 5) is 12.5. The monoisotopic (exact) mass is 269 g/mol. The Morgan fingerprint density at radius 3 is 2.80 bits per heavy atom. The molecule has 3 rings (SSSR count). The van der Waals surface area contributed by atoms with Crippen molar-refractivity contribution in [1.82, 2.24) is 0 Å². The van der Waals surface area contributed by atoms with Gasteiger partial charge in [0.2, 0.25) is 5.91 Å². The van der Waals surface area contributed by atoms with E-state index >= 15 is 0 Å². The molecule has 1 saturated carbocycles. The first-order chi connectivity index (χ1) is 9.68. The number of nitriles is 1. The van der Waals surface area contributed by atoms with Crippen molar-refractivity contribution in [1.29, 1.82) is 5.26 Å². The Labute approximate surface area is 119 Å². The van der Waals surface area contributed by atoms with Gasteiger partial charge in [0, 0.05) is 0 Å². The number of fused-ring (bicyclic) bond motifs is 1. The van der Waals surface area contributed by atoms with Crippen LogP contribution in [0.4, 0.5) is 11.4 Å². The Hall–Kier alpha value is -2.02.